The molecular weight excluding hydrogens is 334 g/mol. The van der Waals surface area contributed by atoms with Crippen molar-refractivity contribution in [2.45, 2.75) is 51.0 Å². The van der Waals surface area contributed by atoms with Crippen molar-refractivity contribution in [3.63, 3.8) is 0 Å². The number of aliphatic hydroxyl groups is 1. The van der Waals surface area contributed by atoms with Gasteiger partial charge in [0.05, 0.1) is 7.11 Å². The van der Waals surface area contributed by atoms with E-state index in [1.165, 1.54) is 7.11 Å². The number of nitrogens with zero attached hydrogens (tertiary/aromatic N) is 1. The molecule has 0 spiro atoms. The summed E-state index contributed by atoms with van der Waals surface area (Å²) >= 11 is 6.20. The van der Waals surface area contributed by atoms with Crippen molar-refractivity contribution in [1.82, 2.24) is 4.90 Å². The summed E-state index contributed by atoms with van der Waals surface area (Å²) in [5.74, 6) is -0.608. The summed E-state index contributed by atoms with van der Waals surface area (Å²) in [6.45, 7) is 5.13. The summed E-state index contributed by atoms with van der Waals surface area (Å²) in [5, 5.41) is 11.5. The Morgan fingerprint density at radius 3 is 2.50 bits per heavy atom. The molecule has 1 N–H and O–H groups in total. The van der Waals surface area contributed by atoms with Gasteiger partial charge in [-0.15, -0.1) is 0 Å². The van der Waals surface area contributed by atoms with E-state index in [0.29, 0.717) is 10.6 Å². The molecule has 0 bridgehead atoms. The first kappa shape index (κ1) is 18.5. The number of hydrogen-bond acceptors (Lipinski definition) is 5. The molecule has 132 valence electrons. The highest BCUT2D eigenvalue weighted by Crippen LogP contribution is 2.43. The van der Waals surface area contributed by atoms with E-state index in [-0.39, 0.29) is 12.8 Å². The molecule has 0 aliphatic carbocycles. The van der Waals surface area contributed by atoms with Crippen LogP contribution >= 0.6 is 11.6 Å². The van der Waals surface area contributed by atoms with E-state index >= 15 is 0 Å². The van der Waals surface area contributed by atoms with Gasteiger partial charge in [-0.3, -0.25) is 4.90 Å². The molecule has 1 aromatic carbocycles. The number of likely N-dealkylation sites (tertiary alicyclic amines) is 1. The molecule has 0 radical (unpaired) electrons. The Morgan fingerprint density at radius 1 is 1.33 bits per heavy atom. The maximum Gasteiger partial charge on any atom is 0.413 e. The Hall–Kier alpha value is -1.79. The van der Waals surface area contributed by atoms with Crippen molar-refractivity contribution in [3.05, 3.63) is 34.9 Å². The highest BCUT2D eigenvalue weighted by atomic mass is 35.5. The fourth-order valence-corrected chi connectivity index (χ4v) is 3.13. The minimum atomic E-state index is -1.74. The first-order chi connectivity index (χ1) is 11.1. The van der Waals surface area contributed by atoms with Gasteiger partial charge in [-0.1, -0.05) is 29.8 Å². The Balaban J connectivity index is 2.48. The molecule has 1 saturated heterocycles. The standard InChI is InChI=1S/C17H22ClNO5/c1-16(2,3)24-15(21)19-13(14(20)23-4)9-10-17(19,22)11-7-5-6-8-12(11)18/h5-8,13,22H,9-10H2,1-4H3/t13-,17?/m0/s1. The molecule has 1 fully saturated rings. The first-order valence-corrected chi connectivity index (χ1v) is 8.05. The fraction of sp³-hybridized carbons (Fsp3) is 0.529. The topological polar surface area (TPSA) is 76.1 Å². The van der Waals surface area contributed by atoms with E-state index < -0.39 is 29.4 Å². The summed E-state index contributed by atoms with van der Waals surface area (Å²) < 4.78 is 10.2. The minimum Gasteiger partial charge on any atom is -0.467 e. The predicted molar refractivity (Wildman–Crippen MR) is 88.5 cm³/mol. The van der Waals surface area contributed by atoms with Crippen molar-refractivity contribution < 1.29 is 24.2 Å². The third kappa shape index (κ3) is 3.49. The lowest BCUT2D eigenvalue weighted by molar-refractivity contribution is -0.154. The molecule has 24 heavy (non-hydrogen) atoms. The minimum absolute atomic E-state index is 0.149. The lowest BCUT2D eigenvalue weighted by Crippen LogP contribution is -2.53. The number of carbonyl (C=O) groups is 2. The molecule has 1 aliphatic heterocycles. The van der Waals surface area contributed by atoms with Crippen molar-refractivity contribution in [2.75, 3.05) is 7.11 Å². The maximum atomic E-state index is 12.7. The molecule has 2 rings (SSSR count). The molecule has 0 aromatic heterocycles. The number of carbonyl (C=O) groups excluding carboxylic acids is 2. The predicted octanol–water partition coefficient (Wildman–Crippen LogP) is 3.06. The van der Waals surface area contributed by atoms with Crippen LogP contribution in [0.5, 0.6) is 0 Å². The number of amides is 1. The van der Waals surface area contributed by atoms with Crippen molar-refractivity contribution in [3.8, 4) is 0 Å². The Kier molecular flexibility index (Phi) is 5.11. The van der Waals surface area contributed by atoms with Gasteiger partial charge in [-0.25, -0.2) is 9.59 Å². The second-order valence-electron chi connectivity index (χ2n) is 6.72. The van der Waals surface area contributed by atoms with E-state index in [2.05, 4.69) is 0 Å². The second-order valence-corrected chi connectivity index (χ2v) is 7.13. The highest BCUT2D eigenvalue weighted by Gasteiger charge is 2.54. The molecule has 2 atom stereocenters. The summed E-state index contributed by atoms with van der Waals surface area (Å²) in [5.41, 5.74) is -2.16. The van der Waals surface area contributed by atoms with Crippen molar-refractivity contribution in [1.29, 1.82) is 0 Å². The van der Waals surface area contributed by atoms with Gasteiger partial charge in [0.2, 0.25) is 0 Å². The number of halogens is 1. The molecule has 6 nitrogen and oxygen atoms in total. The van der Waals surface area contributed by atoms with Crippen LogP contribution in [0.4, 0.5) is 4.79 Å². The SMILES string of the molecule is COC(=O)[C@@H]1CCC(O)(c2ccccc2Cl)N1C(=O)OC(C)(C)C. The van der Waals surface area contributed by atoms with Crippen LogP contribution in [0.2, 0.25) is 5.02 Å². The maximum absolute atomic E-state index is 12.7. The molecule has 1 unspecified atom stereocenters. The number of ether oxygens (including phenoxy) is 2. The third-order valence-corrected chi connectivity index (χ3v) is 4.17. The highest BCUT2D eigenvalue weighted by molar-refractivity contribution is 6.31. The van der Waals surface area contributed by atoms with E-state index in [1.54, 1.807) is 45.0 Å². The van der Waals surface area contributed by atoms with Crippen LogP contribution in [0.25, 0.3) is 0 Å². The molecule has 0 saturated carbocycles. The van der Waals surface area contributed by atoms with Crippen LogP contribution in [-0.4, -0.2) is 40.8 Å². The Labute approximate surface area is 146 Å². The summed E-state index contributed by atoms with van der Waals surface area (Å²) in [6, 6.07) is 5.73. The van der Waals surface area contributed by atoms with Crippen molar-refractivity contribution >= 4 is 23.7 Å². The molecule has 1 amide bonds. The molecule has 1 heterocycles. The van der Waals surface area contributed by atoms with Gasteiger partial charge in [0.25, 0.3) is 0 Å². The smallest absolute Gasteiger partial charge is 0.413 e. The summed E-state index contributed by atoms with van der Waals surface area (Å²) in [4.78, 5) is 25.8. The van der Waals surface area contributed by atoms with Gasteiger partial charge < -0.3 is 14.6 Å². The largest absolute Gasteiger partial charge is 0.467 e. The van der Waals surface area contributed by atoms with E-state index in [1.807, 2.05) is 0 Å². The number of benzene rings is 1. The number of esters is 1. The zero-order chi connectivity index (χ0) is 18.1. The summed E-state index contributed by atoms with van der Waals surface area (Å²) in [6.07, 6.45) is -0.401. The van der Waals surface area contributed by atoms with Gasteiger partial charge in [0, 0.05) is 17.0 Å². The van der Waals surface area contributed by atoms with Crippen molar-refractivity contribution in [2.24, 2.45) is 0 Å². The molecule has 1 aromatic rings. The van der Waals surface area contributed by atoms with Crippen LogP contribution in [0.3, 0.4) is 0 Å². The average molecular weight is 356 g/mol. The number of methoxy groups -OCH3 is 1. The van der Waals surface area contributed by atoms with Gasteiger partial charge in [-0.2, -0.15) is 0 Å². The normalized spacial score (nSPS) is 23.9. The van der Waals surface area contributed by atoms with Gasteiger partial charge >= 0.3 is 12.1 Å². The lowest BCUT2D eigenvalue weighted by Gasteiger charge is -2.37. The average Bonchev–Trinajstić information content (AvgIpc) is 2.84. The van der Waals surface area contributed by atoms with Crippen LogP contribution in [0, 0.1) is 0 Å². The Bertz CT molecular complexity index is 642. The zero-order valence-electron chi connectivity index (χ0n) is 14.2. The molecule has 1 aliphatic rings. The number of hydrogen-bond donors (Lipinski definition) is 1. The number of rotatable bonds is 2. The van der Waals surface area contributed by atoms with E-state index in [0.717, 1.165) is 4.90 Å². The van der Waals surface area contributed by atoms with E-state index in [9.17, 15) is 14.7 Å². The van der Waals surface area contributed by atoms with Gasteiger partial charge in [0.15, 0.2) is 5.72 Å². The second kappa shape index (κ2) is 6.61. The Morgan fingerprint density at radius 2 is 1.96 bits per heavy atom. The zero-order valence-corrected chi connectivity index (χ0v) is 15.0. The monoisotopic (exact) mass is 355 g/mol. The third-order valence-electron chi connectivity index (χ3n) is 3.85. The first-order valence-electron chi connectivity index (χ1n) is 7.67. The van der Waals surface area contributed by atoms with Gasteiger partial charge in [-0.05, 0) is 33.3 Å². The summed E-state index contributed by atoms with van der Waals surface area (Å²) in [7, 11) is 1.24. The van der Waals surface area contributed by atoms with Crippen LogP contribution in [0.1, 0.15) is 39.2 Å². The lowest BCUT2D eigenvalue weighted by atomic mass is 10.00. The van der Waals surface area contributed by atoms with Crippen LogP contribution < -0.4 is 0 Å². The molecule has 7 heteroatoms. The van der Waals surface area contributed by atoms with E-state index in [4.69, 9.17) is 21.1 Å². The van der Waals surface area contributed by atoms with Crippen LogP contribution in [0.15, 0.2) is 24.3 Å². The molecular formula is C17H22ClNO5. The fourth-order valence-electron chi connectivity index (χ4n) is 2.84. The van der Waals surface area contributed by atoms with Crippen LogP contribution in [-0.2, 0) is 20.0 Å². The quantitative estimate of drug-likeness (QED) is 0.825. The van der Waals surface area contributed by atoms with Gasteiger partial charge in [0.1, 0.15) is 11.6 Å².